The van der Waals surface area contributed by atoms with Gasteiger partial charge in [0.05, 0.1) is 11.9 Å². The van der Waals surface area contributed by atoms with E-state index in [1.807, 2.05) is 6.07 Å². The van der Waals surface area contributed by atoms with Crippen LogP contribution in [-0.2, 0) is 10.0 Å². The molecule has 0 aliphatic carbocycles. The second kappa shape index (κ2) is 7.61. The Hall–Kier alpha value is -1.34. The van der Waals surface area contributed by atoms with Crippen LogP contribution in [0.1, 0.15) is 26.7 Å². The van der Waals surface area contributed by atoms with E-state index >= 15 is 0 Å². The summed E-state index contributed by atoms with van der Waals surface area (Å²) < 4.78 is 24.3. The lowest BCUT2D eigenvalue weighted by Gasteiger charge is -2.20. The van der Waals surface area contributed by atoms with Crippen molar-refractivity contribution in [1.82, 2.24) is 5.32 Å². The molecular weight excluding hydrogens is 306 g/mol. The summed E-state index contributed by atoms with van der Waals surface area (Å²) in [6.45, 7) is 4.21. The van der Waals surface area contributed by atoms with Gasteiger partial charge in [-0.05, 0) is 43.3 Å². The van der Waals surface area contributed by atoms with Crippen molar-refractivity contribution in [3.05, 3.63) is 24.3 Å². The summed E-state index contributed by atoms with van der Waals surface area (Å²) in [5.41, 5.74) is 1.35. The van der Waals surface area contributed by atoms with Crippen LogP contribution in [0.15, 0.2) is 24.3 Å². The lowest BCUT2D eigenvalue weighted by Crippen LogP contribution is -2.37. The lowest BCUT2D eigenvalue weighted by atomic mass is 10.2. The third-order valence-corrected chi connectivity index (χ3v) is 4.71. The van der Waals surface area contributed by atoms with Gasteiger partial charge in [0.15, 0.2) is 5.11 Å². The summed E-state index contributed by atoms with van der Waals surface area (Å²) in [6, 6.07) is 7.47. The van der Waals surface area contributed by atoms with E-state index in [0.29, 0.717) is 16.8 Å². The number of nitrogens with zero attached hydrogens (tertiary/aromatic N) is 1. The largest absolute Gasteiger partial charge is 0.360 e. The van der Waals surface area contributed by atoms with Crippen LogP contribution in [0.4, 0.5) is 11.4 Å². The summed E-state index contributed by atoms with van der Waals surface area (Å²) in [5, 5.41) is 6.86. The number of rotatable bonds is 6. The summed E-state index contributed by atoms with van der Waals surface area (Å²) in [7, 11) is -1.75. The van der Waals surface area contributed by atoms with Gasteiger partial charge in [-0.2, -0.15) is 0 Å². The molecule has 0 atom stereocenters. The monoisotopic (exact) mass is 329 g/mol. The standard InChI is InChI=1S/C14H23N3O2S2/c1-5-11(6-2)15-14(20)16-12-8-7-9-13(10-12)17(3)21(4,18)19/h7-11H,5-6H2,1-4H3,(H2,15,16,20). The number of thiocarbonyl (C=S) groups is 1. The maximum atomic E-state index is 11.6. The van der Waals surface area contributed by atoms with Gasteiger partial charge in [0.25, 0.3) is 0 Å². The summed E-state index contributed by atoms with van der Waals surface area (Å²) in [5.74, 6) is 0. The van der Waals surface area contributed by atoms with Crippen LogP contribution in [0.3, 0.4) is 0 Å². The maximum absolute atomic E-state index is 11.6. The molecule has 0 saturated heterocycles. The van der Waals surface area contributed by atoms with Gasteiger partial charge < -0.3 is 10.6 Å². The minimum atomic E-state index is -3.27. The predicted octanol–water partition coefficient (Wildman–Crippen LogP) is 2.56. The molecule has 21 heavy (non-hydrogen) atoms. The first-order chi connectivity index (χ1) is 9.77. The molecule has 1 rings (SSSR count). The van der Waals surface area contributed by atoms with E-state index < -0.39 is 10.0 Å². The molecule has 7 heteroatoms. The van der Waals surface area contributed by atoms with Crippen LogP contribution in [0.5, 0.6) is 0 Å². The van der Waals surface area contributed by atoms with Gasteiger partial charge in [0, 0.05) is 18.8 Å². The molecule has 5 nitrogen and oxygen atoms in total. The highest BCUT2D eigenvalue weighted by Gasteiger charge is 2.12. The van der Waals surface area contributed by atoms with Crippen molar-refractivity contribution in [2.75, 3.05) is 22.9 Å². The van der Waals surface area contributed by atoms with Crippen molar-refractivity contribution in [3.63, 3.8) is 0 Å². The lowest BCUT2D eigenvalue weighted by molar-refractivity contribution is 0.573. The summed E-state index contributed by atoms with van der Waals surface area (Å²) in [4.78, 5) is 0. The molecule has 0 unspecified atom stereocenters. The smallest absolute Gasteiger partial charge is 0.231 e. The van der Waals surface area contributed by atoms with Crippen LogP contribution in [0.2, 0.25) is 0 Å². The van der Waals surface area contributed by atoms with E-state index in [2.05, 4.69) is 24.5 Å². The first kappa shape index (κ1) is 17.7. The fourth-order valence-corrected chi connectivity index (χ4v) is 2.60. The molecule has 0 fully saturated rings. The van der Waals surface area contributed by atoms with Crippen molar-refractivity contribution >= 4 is 38.7 Å². The van der Waals surface area contributed by atoms with Crippen LogP contribution in [-0.4, -0.2) is 32.9 Å². The molecule has 118 valence electrons. The Morgan fingerprint density at radius 1 is 1.33 bits per heavy atom. The van der Waals surface area contributed by atoms with E-state index in [0.717, 1.165) is 18.5 Å². The fourth-order valence-electron chi connectivity index (χ4n) is 1.82. The SMILES string of the molecule is CCC(CC)NC(=S)Nc1cccc(N(C)S(C)(=O)=O)c1. The average molecular weight is 329 g/mol. The molecule has 0 aliphatic rings. The molecule has 0 radical (unpaired) electrons. The molecule has 1 aromatic carbocycles. The first-order valence-corrected chi connectivity index (χ1v) is 9.15. The number of nitrogens with one attached hydrogen (secondary N) is 2. The predicted molar refractivity (Wildman–Crippen MR) is 93.4 cm³/mol. The van der Waals surface area contributed by atoms with E-state index in [1.54, 1.807) is 18.2 Å². The maximum Gasteiger partial charge on any atom is 0.231 e. The van der Waals surface area contributed by atoms with E-state index in [9.17, 15) is 8.42 Å². The molecule has 0 heterocycles. The topological polar surface area (TPSA) is 61.4 Å². The second-order valence-corrected chi connectivity index (χ2v) is 7.31. The van der Waals surface area contributed by atoms with Gasteiger partial charge in [0.2, 0.25) is 10.0 Å². The Morgan fingerprint density at radius 2 is 1.95 bits per heavy atom. The second-order valence-electron chi connectivity index (χ2n) is 4.89. The summed E-state index contributed by atoms with van der Waals surface area (Å²) >= 11 is 5.27. The zero-order valence-electron chi connectivity index (χ0n) is 12.9. The molecule has 0 saturated carbocycles. The van der Waals surface area contributed by atoms with Gasteiger partial charge >= 0.3 is 0 Å². The number of hydrogen-bond donors (Lipinski definition) is 2. The van der Waals surface area contributed by atoms with Crippen LogP contribution < -0.4 is 14.9 Å². The minimum Gasteiger partial charge on any atom is -0.360 e. The Morgan fingerprint density at radius 3 is 2.48 bits per heavy atom. The minimum absolute atomic E-state index is 0.340. The molecule has 0 bridgehead atoms. The Balaban J connectivity index is 2.80. The number of sulfonamides is 1. The van der Waals surface area contributed by atoms with Gasteiger partial charge in [0.1, 0.15) is 0 Å². The van der Waals surface area contributed by atoms with Gasteiger partial charge in [-0.25, -0.2) is 8.42 Å². The van der Waals surface area contributed by atoms with Gasteiger partial charge in [-0.1, -0.05) is 19.9 Å². The molecule has 1 aromatic rings. The highest BCUT2D eigenvalue weighted by Crippen LogP contribution is 2.20. The van der Waals surface area contributed by atoms with Gasteiger partial charge in [-0.3, -0.25) is 4.31 Å². The van der Waals surface area contributed by atoms with Crippen molar-refractivity contribution in [2.45, 2.75) is 32.7 Å². The molecule has 2 N–H and O–H groups in total. The normalized spacial score (nSPS) is 11.3. The van der Waals surface area contributed by atoms with E-state index in [-0.39, 0.29) is 0 Å². The number of benzene rings is 1. The summed E-state index contributed by atoms with van der Waals surface area (Å²) in [6.07, 6.45) is 3.16. The highest BCUT2D eigenvalue weighted by atomic mass is 32.2. The van der Waals surface area contributed by atoms with E-state index in [1.165, 1.54) is 17.6 Å². The molecule has 0 amide bonds. The molecule has 0 aliphatic heterocycles. The van der Waals surface area contributed by atoms with Crippen LogP contribution in [0.25, 0.3) is 0 Å². The Kier molecular flexibility index (Phi) is 6.42. The molecule has 0 spiro atoms. The quantitative estimate of drug-likeness (QED) is 0.786. The number of anilines is 2. The highest BCUT2D eigenvalue weighted by molar-refractivity contribution is 7.92. The Bertz CT molecular complexity index is 584. The van der Waals surface area contributed by atoms with Gasteiger partial charge in [-0.15, -0.1) is 0 Å². The molecular formula is C14H23N3O2S2. The van der Waals surface area contributed by atoms with Crippen molar-refractivity contribution in [2.24, 2.45) is 0 Å². The molecule has 0 aromatic heterocycles. The fraction of sp³-hybridized carbons (Fsp3) is 0.500. The third-order valence-electron chi connectivity index (χ3n) is 3.29. The van der Waals surface area contributed by atoms with Crippen LogP contribution >= 0.6 is 12.2 Å². The van der Waals surface area contributed by atoms with Crippen molar-refractivity contribution < 1.29 is 8.42 Å². The number of hydrogen-bond acceptors (Lipinski definition) is 3. The first-order valence-electron chi connectivity index (χ1n) is 6.89. The third kappa shape index (κ3) is 5.51. The van der Waals surface area contributed by atoms with Crippen molar-refractivity contribution in [1.29, 1.82) is 0 Å². The zero-order valence-corrected chi connectivity index (χ0v) is 14.5. The van der Waals surface area contributed by atoms with E-state index in [4.69, 9.17) is 12.2 Å². The van der Waals surface area contributed by atoms with Crippen LogP contribution in [0, 0.1) is 0 Å². The average Bonchev–Trinajstić information content (AvgIpc) is 2.43. The Labute approximate surface area is 132 Å². The van der Waals surface area contributed by atoms with Crippen molar-refractivity contribution in [3.8, 4) is 0 Å². The zero-order chi connectivity index (χ0) is 16.0.